The van der Waals surface area contributed by atoms with Gasteiger partial charge in [-0.3, -0.25) is 4.79 Å². The molecular weight excluding hydrogens is 403 g/mol. The van der Waals surface area contributed by atoms with E-state index in [2.05, 4.69) is 5.32 Å². The summed E-state index contributed by atoms with van der Waals surface area (Å²) in [6, 6.07) is 10.6. The lowest BCUT2D eigenvalue weighted by Crippen LogP contribution is -2.44. The van der Waals surface area contributed by atoms with Crippen molar-refractivity contribution in [3.05, 3.63) is 64.4 Å². The fraction of sp³-hybridized carbons (Fsp3) is 0.350. The molecule has 5 nitrogen and oxygen atoms in total. The van der Waals surface area contributed by atoms with E-state index in [0.717, 1.165) is 5.56 Å². The number of anilines is 1. The minimum Gasteiger partial charge on any atom is -0.326 e. The van der Waals surface area contributed by atoms with Crippen LogP contribution in [0.2, 0.25) is 5.02 Å². The van der Waals surface area contributed by atoms with Crippen LogP contribution in [0.25, 0.3) is 0 Å². The Morgan fingerprint density at radius 3 is 2.64 bits per heavy atom. The Morgan fingerprint density at radius 1 is 1.25 bits per heavy atom. The average molecular weight is 425 g/mol. The second kappa shape index (κ2) is 8.59. The predicted octanol–water partition coefficient (Wildman–Crippen LogP) is 3.97. The number of rotatable bonds is 5. The number of halogens is 2. The van der Waals surface area contributed by atoms with E-state index in [9.17, 15) is 17.6 Å². The summed E-state index contributed by atoms with van der Waals surface area (Å²) < 4.78 is 39.9. The molecule has 1 aliphatic heterocycles. The van der Waals surface area contributed by atoms with E-state index in [1.807, 2.05) is 6.92 Å². The molecule has 1 amide bonds. The fourth-order valence-corrected chi connectivity index (χ4v) is 5.13. The third kappa shape index (κ3) is 5.10. The third-order valence-electron chi connectivity index (χ3n) is 4.86. The molecule has 1 aliphatic rings. The van der Waals surface area contributed by atoms with Crippen LogP contribution in [0.4, 0.5) is 10.1 Å². The number of sulfonamides is 1. The van der Waals surface area contributed by atoms with Gasteiger partial charge in [0.25, 0.3) is 0 Å². The van der Waals surface area contributed by atoms with E-state index in [4.69, 9.17) is 11.6 Å². The zero-order valence-corrected chi connectivity index (χ0v) is 17.1. The molecule has 0 aromatic heterocycles. The van der Waals surface area contributed by atoms with Crippen molar-refractivity contribution < 1.29 is 17.6 Å². The van der Waals surface area contributed by atoms with Gasteiger partial charge < -0.3 is 5.32 Å². The van der Waals surface area contributed by atoms with Gasteiger partial charge >= 0.3 is 0 Å². The molecule has 0 unspecified atom stereocenters. The first-order valence-corrected chi connectivity index (χ1v) is 11.0. The zero-order valence-electron chi connectivity index (χ0n) is 15.5. The van der Waals surface area contributed by atoms with E-state index < -0.39 is 21.8 Å². The van der Waals surface area contributed by atoms with Gasteiger partial charge in [-0.25, -0.2) is 17.1 Å². The first-order chi connectivity index (χ1) is 13.2. The standard InChI is InChI=1S/C20H22ClFN2O3S/c1-14-11-17(21)6-9-19(14)23-20(25)16-3-2-10-24(12-16)28(26,27)13-15-4-7-18(22)8-5-15/h4-9,11,16H,2-3,10,12-13H2,1H3,(H,23,25)/t16-/m1/s1. The number of nitrogens with zero attached hydrogens (tertiary/aromatic N) is 1. The molecule has 8 heteroatoms. The van der Waals surface area contributed by atoms with Gasteiger partial charge in [0, 0.05) is 23.8 Å². The summed E-state index contributed by atoms with van der Waals surface area (Å²) in [5.74, 6) is -1.25. The molecule has 2 aromatic carbocycles. The molecule has 0 aliphatic carbocycles. The van der Waals surface area contributed by atoms with Crippen LogP contribution < -0.4 is 5.32 Å². The molecule has 28 heavy (non-hydrogen) atoms. The Kier molecular flexibility index (Phi) is 6.37. The highest BCUT2D eigenvalue weighted by atomic mass is 35.5. The fourth-order valence-electron chi connectivity index (χ4n) is 3.29. The molecule has 1 heterocycles. The molecule has 3 rings (SSSR count). The Morgan fingerprint density at radius 2 is 1.96 bits per heavy atom. The molecule has 0 saturated carbocycles. The zero-order chi connectivity index (χ0) is 20.3. The van der Waals surface area contributed by atoms with Gasteiger partial charge in [0.1, 0.15) is 5.82 Å². The van der Waals surface area contributed by atoms with E-state index in [0.29, 0.717) is 35.7 Å². The van der Waals surface area contributed by atoms with Gasteiger partial charge in [-0.2, -0.15) is 0 Å². The van der Waals surface area contributed by atoms with Crippen molar-refractivity contribution in [1.82, 2.24) is 4.31 Å². The number of nitrogens with one attached hydrogen (secondary N) is 1. The number of hydrogen-bond acceptors (Lipinski definition) is 3. The largest absolute Gasteiger partial charge is 0.326 e. The number of carbonyl (C=O) groups excluding carboxylic acids is 1. The summed E-state index contributed by atoms with van der Waals surface area (Å²) >= 11 is 5.94. The number of hydrogen-bond donors (Lipinski definition) is 1. The second-order valence-corrected chi connectivity index (χ2v) is 9.43. The maximum absolute atomic E-state index is 13.0. The van der Waals surface area contributed by atoms with Crippen LogP contribution in [-0.2, 0) is 20.6 Å². The number of carbonyl (C=O) groups is 1. The van der Waals surface area contributed by atoms with Crippen LogP contribution in [0, 0.1) is 18.7 Å². The van der Waals surface area contributed by atoms with Crippen LogP contribution in [-0.4, -0.2) is 31.7 Å². The minimum atomic E-state index is -3.59. The Labute approximate surface area is 169 Å². The molecular formula is C20H22ClFN2O3S. The second-order valence-electron chi connectivity index (χ2n) is 7.03. The Balaban J connectivity index is 1.67. The van der Waals surface area contributed by atoms with E-state index >= 15 is 0 Å². The molecule has 0 spiro atoms. The topological polar surface area (TPSA) is 66.5 Å². The summed E-state index contributed by atoms with van der Waals surface area (Å²) in [6.07, 6.45) is 1.24. The predicted molar refractivity (Wildman–Crippen MR) is 108 cm³/mol. The van der Waals surface area contributed by atoms with E-state index in [1.54, 1.807) is 18.2 Å². The number of piperidine rings is 1. The van der Waals surface area contributed by atoms with Gasteiger partial charge in [0.2, 0.25) is 15.9 Å². The number of benzene rings is 2. The summed E-state index contributed by atoms with van der Waals surface area (Å²) in [5.41, 5.74) is 2.03. The summed E-state index contributed by atoms with van der Waals surface area (Å²) in [4.78, 5) is 12.7. The maximum Gasteiger partial charge on any atom is 0.228 e. The highest BCUT2D eigenvalue weighted by molar-refractivity contribution is 7.88. The van der Waals surface area contributed by atoms with Crippen molar-refractivity contribution >= 4 is 33.2 Å². The smallest absolute Gasteiger partial charge is 0.228 e. The van der Waals surface area contributed by atoms with Crippen LogP contribution in [0.3, 0.4) is 0 Å². The lowest BCUT2D eigenvalue weighted by molar-refractivity contribution is -0.120. The van der Waals surface area contributed by atoms with E-state index in [-0.39, 0.29) is 18.2 Å². The summed E-state index contributed by atoms with van der Waals surface area (Å²) in [7, 11) is -3.59. The first kappa shape index (κ1) is 20.8. The highest BCUT2D eigenvalue weighted by Crippen LogP contribution is 2.25. The van der Waals surface area contributed by atoms with Gasteiger partial charge in [-0.05, 0) is 61.2 Å². The molecule has 1 fully saturated rings. The molecule has 150 valence electrons. The van der Waals surface area contributed by atoms with Gasteiger partial charge in [0.05, 0.1) is 11.7 Å². The Bertz CT molecular complexity index is 964. The quantitative estimate of drug-likeness (QED) is 0.789. The summed E-state index contributed by atoms with van der Waals surface area (Å²) in [6.45, 7) is 2.37. The Hall–Kier alpha value is -1.96. The number of aryl methyl sites for hydroxylation is 1. The maximum atomic E-state index is 13.0. The SMILES string of the molecule is Cc1cc(Cl)ccc1NC(=O)[C@@H]1CCCN(S(=O)(=O)Cc2ccc(F)cc2)C1. The van der Waals surface area contributed by atoms with Crippen LogP contribution in [0.5, 0.6) is 0 Å². The van der Waals surface area contributed by atoms with Crippen molar-refractivity contribution in [3.63, 3.8) is 0 Å². The van der Waals surface area contributed by atoms with Crippen molar-refractivity contribution in [2.45, 2.75) is 25.5 Å². The molecule has 1 N–H and O–H groups in total. The molecule has 0 bridgehead atoms. The average Bonchev–Trinajstić information content (AvgIpc) is 2.66. The normalized spacial score (nSPS) is 18.0. The summed E-state index contributed by atoms with van der Waals surface area (Å²) in [5, 5.41) is 3.46. The van der Waals surface area contributed by atoms with E-state index in [1.165, 1.54) is 28.6 Å². The molecule has 1 saturated heterocycles. The van der Waals surface area contributed by atoms with Gasteiger partial charge in [-0.1, -0.05) is 23.7 Å². The van der Waals surface area contributed by atoms with Crippen LogP contribution >= 0.6 is 11.6 Å². The third-order valence-corrected chi connectivity index (χ3v) is 6.91. The van der Waals surface area contributed by atoms with Crippen LogP contribution in [0.1, 0.15) is 24.0 Å². The lowest BCUT2D eigenvalue weighted by atomic mass is 9.98. The number of amides is 1. The molecule has 1 atom stereocenters. The molecule has 0 radical (unpaired) electrons. The van der Waals surface area contributed by atoms with Crippen molar-refractivity contribution in [2.24, 2.45) is 5.92 Å². The van der Waals surface area contributed by atoms with Gasteiger partial charge in [-0.15, -0.1) is 0 Å². The minimum absolute atomic E-state index is 0.141. The van der Waals surface area contributed by atoms with Crippen molar-refractivity contribution in [2.75, 3.05) is 18.4 Å². The van der Waals surface area contributed by atoms with Gasteiger partial charge in [0.15, 0.2) is 0 Å². The lowest BCUT2D eigenvalue weighted by Gasteiger charge is -2.31. The molecule has 2 aromatic rings. The van der Waals surface area contributed by atoms with Crippen molar-refractivity contribution in [3.8, 4) is 0 Å². The van der Waals surface area contributed by atoms with Crippen molar-refractivity contribution in [1.29, 1.82) is 0 Å². The van der Waals surface area contributed by atoms with Crippen LogP contribution in [0.15, 0.2) is 42.5 Å². The highest BCUT2D eigenvalue weighted by Gasteiger charge is 2.32. The first-order valence-electron chi connectivity index (χ1n) is 9.04. The monoisotopic (exact) mass is 424 g/mol.